The molecule has 10 rings (SSSR count). The van der Waals surface area contributed by atoms with Gasteiger partial charge in [0.1, 0.15) is 0 Å². The topological polar surface area (TPSA) is 24.9 Å². The quantitative estimate of drug-likeness (QED) is 0.176. The fourth-order valence-electron chi connectivity index (χ4n) is 7.94. The predicted octanol–water partition coefficient (Wildman–Crippen LogP) is 13.8. The maximum atomic E-state index is 5.44. The lowest BCUT2D eigenvalue weighted by Gasteiger charge is -2.18. The summed E-state index contributed by atoms with van der Waals surface area (Å²) < 4.78 is 0. The van der Waals surface area contributed by atoms with Crippen LogP contribution in [-0.4, -0.2) is 11.5 Å². The number of anilines is 1. The zero-order chi connectivity index (χ0) is 35.8. The SMILES string of the molecule is C1=Cc2cccc(-c3ccc(-c4cc5c(-c6ccc(-c7ccccc7)cc6)cc(-c6ccc(-c7ccccc7)cc6)nc5c5ccccc45)cc3)c2NC1. The summed E-state index contributed by atoms with van der Waals surface area (Å²) in [5.41, 5.74) is 17.4. The van der Waals surface area contributed by atoms with Crippen molar-refractivity contribution in [1.29, 1.82) is 0 Å². The molecule has 54 heavy (non-hydrogen) atoms. The number of rotatable bonds is 6. The molecule has 1 aliphatic heterocycles. The molecule has 0 radical (unpaired) electrons. The number of benzene rings is 8. The van der Waals surface area contributed by atoms with Gasteiger partial charge in [0.05, 0.1) is 11.2 Å². The van der Waals surface area contributed by atoms with Crippen molar-refractivity contribution in [1.82, 2.24) is 4.98 Å². The Morgan fingerprint density at radius 2 is 0.870 bits per heavy atom. The molecule has 2 heterocycles. The third-order valence-electron chi connectivity index (χ3n) is 10.7. The number of fused-ring (bicyclic) bond motifs is 4. The van der Waals surface area contributed by atoms with Crippen LogP contribution in [0.2, 0.25) is 0 Å². The second-order valence-corrected chi connectivity index (χ2v) is 13.9. The molecule has 0 bridgehead atoms. The first-order valence-corrected chi connectivity index (χ1v) is 18.6. The van der Waals surface area contributed by atoms with E-state index < -0.39 is 0 Å². The first kappa shape index (κ1) is 31.7. The van der Waals surface area contributed by atoms with Gasteiger partial charge in [0.15, 0.2) is 0 Å². The molecule has 0 saturated heterocycles. The summed E-state index contributed by atoms with van der Waals surface area (Å²) in [6.07, 6.45) is 4.38. The smallest absolute Gasteiger partial charge is 0.0794 e. The molecule has 0 aliphatic carbocycles. The molecule has 0 unspecified atom stereocenters. The van der Waals surface area contributed by atoms with Gasteiger partial charge in [-0.15, -0.1) is 0 Å². The van der Waals surface area contributed by atoms with E-state index in [-0.39, 0.29) is 0 Å². The third-order valence-corrected chi connectivity index (χ3v) is 10.7. The van der Waals surface area contributed by atoms with E-state index in [4.69, 9.17) is 4.98 Å². The summed E-state index contributed by atoms with van der Waals surface area (Å²) in [4.78, 5) is 5.44. The molecule has 0 amide bonds. The number of aromatic nitrogens is 1. The Hall–Kier alpha value is -7.03. The van der Waals surface area contributed by atoms with E-state index in [1.54, 1.807) is 0 Å². The fraction of sp³-hybridized carbons (Fsp3) is 0.0192. The van der Waals surface area contributed by atoms with Gasteiger partial charge in [-0.05, 0) is 73.2 Å². The van der Waals surface area contributed by atoms with Crippen LogP contribution in [-0.2, 0) is 0 Å². The monoisotopic (exact) mass is 688 g/mol. The zero-order valence-corrected chi connectivity index (χ0v) is 29.7. The lowest BCUT2D eigenvalue weighted by atomic mass is 9.89. The van der Waals surface area contributed by atoms with E-state index in [1.807, 2.05) is 0 Å². The first-order valence-electron chi connectivity index (χ1n) is 18.6. The maximum absolute atomic E-state index is 5.44. The van der Waals surface area contributed by atoms with Gasteiger partial charge in [-0.1, -0.05) is 188 Å². The van der Waals surface area contributed by atoms with Gasteiger partial charge < -0.3 is 5.32 Å². The van der Waals surface area contributed by atoms with Crippen LogP contribution >= 0.6 is 0 Å². The van der Waals surface area contributed by atoms with Crippen LogP contribution in [0.15, 0.2) is 194 Å². The van der Waals surface area contributed by atoms with Crippen molar-refractivity contribution < 1.29 is 0 Å². The van der Waals surface area contributed by atoms with E-state index in [2.05, 4.69) is 206 Å². The molecule has 254 valence electrons. The van der Waals surface area contributed by atoms with Gasteiger partial charge in [0.2, 0.25) is 0 Å². The average Bonchev–Trinajstić information content (AvgIpc) is 3.26. The Morgan fingerprint density at radius 3 is 1.50 bits per heavy atom. The maximum Gasteiger partial charge on any atom is 0.0794 e. The van der Waals surface area contributed by atoms with Crippen LogP contribution in [0.1, 0.15) is 5.56 Å². The number of hydrogen-bond acceptors (Lipinski definition) is 2. The Bertz CT molecular complexity index is 2820. The van der Waals surface area contributed by atoms with Crippen LogP contribution in [0.4, 0.5) is 5.69 Å². The minimum absolute atomic E-state index is 0.844. The summed E-state index contributed by atoms with van der Waals surface area (Å²) >= 11 is 0. The molecular formula is C52H36N2. The molecule has 9 aromatic rings. The molecule has 1 aromatic heterocycles. The number of nitrogens with one attached hydrogen (secondary N) is 1. The van der Waals surface area contributed by atoms with Gasteiger partial charge in [0, 0.05) is 34.1 Å². The van der Waals surface area contributed by atoms with Crippen molar-refractivity contribution in [2.45, 2.75) is 0 Å². The molecular weight excluding hydrogens is 653 g/mol. The van der Waals surface area contributed by atoms with Crippen molar-refractivity contribution in [2.75, 3.05) is 11.9 Å². The van der Waals surface area contributed by atoms with Gasteiger partial charge >= 0.3 is 0 Å². The van der Waals surface area contributed by atoms with E-state index >= 15 is 0 Å². The third kappa shape index (κ3) is 5.75. The standard InChI is InChI=1S/C52H36N2/c1-3-11-35(12-4-1)37-20-24-41(25-21-37)48-34-50(42-30-22-38(23-31-42)36-13-5-2-6-14-36)54-52-46-18-8-7-17-45(46)47(33-49(48)52)40-28-26-39(27-29-40)44-19-9-15-43-16-10-32-53-51(43)44/h1-31,33-34,53H,32H2. The van der Waals surface area contributed by atoms with Crippen LogP contribution in [0.3, 0.4) is 0 Å². The largest absolute Gasteiger partial charge is 0.381 e. The highest BCUT2D eigenvalue weighted by molar-refractivity contribution is 6.16. The van der Waals surface area contributed by atoms with E-state index in [9.17, 15) is 0 Å². The Labute approximate surface area is 315 Å². The normalized spacial score (nSPS) is 12.1. The molecule has 0 fully saturated rings. The second kappa shape index (κ2) is 13.5. The van der Waals surface area contributed by atoms with Gasteiger partial charge in [0.25, 0.3) is 0 Å². The number of hydrogen-bond donors (Lipinski definition) is 1. The van der Waals surface area contributed by atoms with Crippen molar-refractivity contribution >= 4 is 33.4 Å². The lowest BCUT2D eigenvalue weighted by molar-refractivity contribution is 1.31. The molecule has 1 N–H and O–H groups in total. The summed E-state index contributed by atoms with van der Waals surface area (Å²) in [5.74, 6) is 0. The average molecular weight is 689 g/mol. The van der Waals surface area contributed by atoms with Crippen LogP contribution in [0.5, 0.6) is 0 Å². The van der Waals surface area contributed by atoms with Gasteiger partial charge in [-0.2, -0.15) is 0 Å². The zero-order valence-electron chi connectivity index (χ0n) is 29.7. The highest BCUT2D eigenvalue weighted by Crippen LogP contribution is 2.42. The van der Waals surface area contributed by atoms with Gasteiger partial charge in [-0.3, -0.25) is 0 Å². The molecule has 0 atom stereocenters. The molecule has 2 nitrogen and oxygen atoms in total. The molecule has 2 heteroatoms. The summed E-state index contributed by atoms with van der Waals surface area (Å²) in [7, 11) is 0. The summed E-state index contributed by atoms with van der Waals surface area (Å²) in [6.45, 7) is 0.844. The molecule has 8 aromatic carbocycles. The van der Waals surface area contributed by atoms with E-state index in [0.29, 0.717) is 0 Å². The van der Waals surface area contributed by atoms with Crippen molar-refractivity contribution in [2.24, 2.45) is 0 Å². The number of nitrogens with zero attached hydrogens (tertiary/aromatic N) is 1. The Morgan fingerprint density at radius 1 is 0.370 bits per heavy atom. The van der Waals surface area contributed by atoms with Crippen molar-refractivity contribution in [3.63, 3.8) is 0 Å². The molecule has 0 saturated carbocycles. The predicted molar refractivity (Wildman–Crippen MR) is 229 cm³/mol. The minimum atomic E-state index is 0.844. The number of pyridine rings is 1. The lowest BCUT2D eigenvalue weighted by Crippen LogP contribution is -2.05. The van der Waals surface area contributed by atoms with Crippen LogP contribution in [0.25, 0.3) is 94.6 Å². The van der Waals surface area contributed by atoms with E-state index in [0.717, 1.165) is 39.7 Å². The van der Waals surface area contributed by atoms with Gasteiger partial charge in [-0.25, -0.2) is 4.98 Å². The minimum Gasteiger partial charge on any atom is -0.381 e. The van der Waals surface area contributed by atoms with E-state index in [1.165, 1.54) is 66.7 Å². The highest BCUT2D eigenvalue weighted by Gasteiger charge is 2.17. The Balaban J connectivity index is 1.14. The summed E-state index contributed by atoms with van der Waals surface area (Å²) in [5, 5.41) is 7.06. The van der Waals surface area contributed by atoms with Crippen molar-refractivity contribution in [3.05, 3.63) is 200 Å². The Kier molecular flexibility index (Phi) is 7.92. The van der Waals surface area contributed by atoms with Crippen LogP contribution < -0.4 is 5.32 Å². The second-order valence-electron chi connectivity index (χ2n) is 13.9. The number of para-hydroxylation sites is 1. The molecule has 0 spiro atoms. The molecule has 1 aliphatic rings. The fourth-order valence-corrected chi connectivity index (χ4v) is 7.94. The summed E-state index contributed by atoms with van der Waals surface area (Å²) in [6, 6.07) is 67.8. The van der Waals surface area contributed by atoms with Crippen molar-refractivity contribution in [3.8, 4) is 66.9 Å². The highest BCUT2D eigenvalue weighted by atomic mass is 14.9. The van der Waals surface area contributed by atoms with Crippen LogP contribution in [0, 0.1) is 0 Å². The first-order chi connectivity index (χ1) is 26.8.